The Balaban J connectivity index is 2.58. The van der Waals surface area contributed by atoms with Gasteiger partial charge in [-0.1, -0.05) is 0 Å². The van der Waals surface area contributed by atoms with E-state index < -0.39 is 5.97 Å². The van der Waals surface area contributed by atoms with Crippen LogP contribution in [0.15, 0.2) is 17.0 Å². The van der Waals surface area contributed by atoms with Crippen LogP contribution in [-0.2, 0) is 0 Å². The second-order valence-electron chi connectivity index (χ2n) is 2.65. The summed E-state index contributed by atoms with van der Waals surface area (Å²) in [4.78, 5) is 26.6. The van der Waals surface area contributed by atoms with Crippen molar-refractivity contribution in [2.75, 3.05) is 0 Å². The zero-order chi connectivity index (χ0) is 10.8. The normalized spacial score (nSPS) is 10.1. The molecule has 2 rings (SSSR count). The topological polar surface area (TPSA) is 67.3 Å². The molecule has 0 saturated carbocycles. The number of thiazole rings is 1. The molecule has 0 fully saturated rings. The average molecular weight is 239 g/mol. The highest BCUT2D eigenvalue weighted by atomic mass is 32.1. The maximum Gasteiger partial charge on any atom is 0.337 e. The molecule has 2 aromatic heterocycles. The molecule has 6 heteroatoms. The first-order valence-corrected chi connectivity index (χ1v) is 5.69. The molecule has 4 nitrogen and oxygen atoms in total. The molecule has 0 saturated heterocycles. The molecular formula is C9H5NO3S2. The summed E-state index contributed by atoms with van der Waals surface area (Å²) < 4.78 is 0. The number of aromatic nitrogens is 1. The van der Waals surface area contributed by atoms with E-state index in [2.05, 4.69) is 4.98 Å². The lowest BCUT2D eigenvalue weighted by molar-refractivity contribution is 0.0698. The predicted molar refractivity (Wildman–Crippen MR) is 57.8 cm³/mol. The molecule has 0 unspecified atom stereocenters. The van der Waals surface area contributed by atoms with Crippen LogP contribution in [-0.4, -0.2) is 22.3 Å². The number of carboxylic acid groups (broad SMARTS) is 1. The monoisotopic (exact) mass is 239 g/mol. The van der Waals surface area contributed by atoms with E-state index in [0.717, 1.165) is 0 Å². The minimum Gasteiger partial charge on any atom is -0.478 e. The fraction of sp³-hybridized carbons (Fsp3) is 0. The van der Waals surface area contributed by atoms with Gasteiger partial charge in [0.2, 0.25) is 0 Å². The van der Waals surface area contributed by atoms with Gasteiger partial charge in [-0.15, -0.1) is 22.7 Å². The fourth-order valence-electron chi connectivity index (χ4n) is 1.16. The zero-order valence-electron chi connectivity index (χ0n) is 7.34. The summed E-state index contributed by atoms with van der Waals surface area (Å²) in [6.45, 7) is 0. The number of thiophene rings is 1. The van der Waals surface area contributed by atoms with Crippen molar-refractivity contribution in [2.45, 2.75) is 0 Å². The summed E-state index contributed by atoms with van der Waals surface area (Å²) in [7, 11) is 0. The third-order valence-electron chi connectivity index (χ3n) is 1.81. The molecule has 76 valence electrons. The number of aldehydes is 1. The van der Waals surface area contributed by atoms with Gasteiger partial charge >= 0.3 is 5.97 Å². The molecule has 0 spiro atoms. The van der Waals surface area contributed by atoms with Gasteiger partial charge in [0, 0.05) is 0 Å². The Morgan fingerprint density at radius 3 is 2.87 bits per heavy atom. The molecule has 2 aromatic rings. The average Bonchev–Trinajstić information content (AvgIpc) is 2.85. The van der Waals surface area contributed by atoms with E-state index in [0.29, 0.717) is 21.7 Å². The number of aromatic carboxylic acids is 1. The second-order valence-corrected chi connectivity index (χ2v) is 4.42. The van der Waals surface area contributed by atoms with Crippen LogP contribution in [0.5, 0.6) is 0 Å². The van der Waals surface area contributed by atoms with Gasteiger partial charge in [-0.2, -0.15) is 0 Å². The molecule has 0 aliphatic heterocycles. The molecule has 2 heterocycles. The van der Waals surface area contributed by atoms with E-state index in [9.17, 15) is 9.59 Å². The van der Waals surface area contributed by atoms with Gasteiger partial charge in [-0.3, -0.25) is 4.79 Å². The molecule has 15 heavy (non-hydrogen) atoms. The summed E-state index contributed by atoms with van der Waals surface area (Å²) in [6.07, 6.45) is 0.636. The standard InChI is InChI=1S/C9H5NO3S2/c11-3-6-8(15-4-10-6)7-5(9(12)13)1-2-14-7/h1-4H,(H,12,13). The van der Waals surface area contributed by atoms with Crippen LogP contribution in [0.25, 0.3) is 9.75 Å². The predicted octanol–water partition coefficient (Wildman–Crippen LogP) is 2.38. The molecule has 1 N–H and O–H groups in total. The molecule has 0 radical (unpaired) electrons. The van der Waals surface area contributed by atoms with E-state index >= 15 is 0 Å². The summed E-state index contributed by atoms with van der Waals surface area (Å²) in [5.41, 5.74) is 2.04. The molecule has 0 bridgehead atoms. The Bertz CT molecular complexity index is 515. The Kier molecular flexibility index (Phi) is 2.61. The maximum atomic E-state index is 10.9. The van der Waals surface area contributed by atoms with E-state index in [4.69, 9.17) is 5.11 Å². The summed E-state index contributed by atoms with van der Waals surface area (Å²) >= 11 is 2.56. The highest BCUT2D eigenvalue weighted by Crippen LogP contribution is 2.34. The molecule has 0 aliphatic rings. The molecule has 0 aliphatic carbocycles. The van der Waals surface area contributed by atoms with Crippen molar-refractivity contribution < 1.29 is 14.7 Å². The molecule has 0 amide bonds. The van der Waals surface area contributed by atoms with Crippen molar-refractivity contribution in [1.29, 1.82) is 0 Å². The van der Waals surface area contributed by atoms with Crippen LogP contribution >= 0.6 is 22.7 Å². The minimum atomic E-state index is -0.989. The summed E-state index contributed by atoms with van der Waals surface area (Å²) in [6, 6.07) is 1.52. The van der Waals surface area contributed by atoms with E-state index in [1.54, 1.807) is 5.38 Å². The molecule has 0 atom stereocenters. The molecular weight excluding hydrogens is 234 g/mol. The Hall–Kier alpha value is -1.53. The van der Waals surface area contributed by atoms with Crippen LogP contribution < -0.4 is 0 Å². The van der Waals surface area contributed by atoms with Crippen molar-refractivity contribution in [1.82, 2.24) is 4.98 Å². The maximum absolute atomic E-state index is 10.9. The van der Waals surface area contributed by atoms with Crippen molar-refractivity contribution in [3.05, 3.63) is 28.2 Å². The van der Waals surface area contributed by atoms with Gasteiger partial charge in [-0.25, -0.2) is 9.78 Å². The van der Waals surface area contributed by atoms with Crippen LogP contribution in [0.4, 0.5) is 0 Å². The van der Waals surface area contributed by atoms with Crippen LogP contribution in [0.3, 0.4) is 0 Å². The van der Waals surface area contributed by atoms with Crippen LogP contribution in [0.1, 0.15) is 20.8 Å². The number of nitrogens with zero attached hydrogens (tertiary/aromatic N) is 1. The highest BCUT2D eigenvalue weighted by Gasteiger charge is 2.17. The third kappa shape index (κ3) is 1.69. The minimum absolute atomic E-state index is 0.215. The van der Waals surface area contributed by atoms with Crippen molar-refractivity contribution in [2.24, 2.45) is 0 Å². The second kappa shape index (κ2) is 3.92. The Morgan fingerprint density at radius 1 is 1.40 bits per heavy atom. The SMILES string of the molecule is O=Cc1ncsc1-c1sccc1C(=O)O. The first-order valence-electron chi connectivity index (χ1n) is 3.94. The van der Waals surface area contributed by atoms with Crippen molar-refractivity contribution in [3.63, 3.8) is 0 Å². The number of carbonyl (C=O) groups is 2. The first kappa shape index (κ1) is 10.0. The van der Waals surface area contributed by atoms with Crippen LogP contribution in [0.2, 0.25) is 0 Å². The number of hydrogen-bond acceptors (Lipinski definition) is 5. The fourth-order valence-corrected chi connectivity index (χ4v) is 3.00. The largest absolute Gasteiger partial charge is 0.478 e. The number of rotatable bonds is 3. The van der Waals surface area contributed by atoms with E-state index in [-0.39, 0.29) is 5.56 Å². The van der Waals surface area contributed by atoms with E-state index in [1.165, 1.54) is 34.3 Å². The lowest BCUT2D eigenvalue weighted by Gasteiger charge is -1.95. The lowest BCUT2D eigenvalue weighted by Crippen LogP contribution is -1.95. The van der Waals surface area contributed by atoms with Gasteiger partial charge < -0.3 is 5.11 Å². The van der Waals surface area contributed by atoms with E-state index in [1.807, 2.05) is 0 Å². The van der Waals surface area contributed by atoms with Gasteiger partial charge in [0.05, 0.1) is 20.8 Å². The zero-order valence-corrected chi connectivity index (χ0v) is 8.97. The van der Waals surface area contributed by atoms with Crippen molar-refractivity contribution >= 4 is 34.9 Å². The third-order valence-corrected chi connectivity index (χ3v) is 3.73. The summed E-state index contributed by atoms with van der Waals surface area (Å²) in [5, 5.41) is 10.6. The Labute approximate surface area is 92.8 Å². The number of carbonyl (C=O) groups excluding carboxylic acids is 1. The quantitative estimate of drug-likeness (QED) is 0.835. The van der Waals surface area contributed by atoms with Gasteiger partial charge in [-0.05, 0) is 11.4 Å². The van der Waals surface area contributed by atoms with Gasteiger partial charge in [0.25, 0.3) is 0 Å². The highest BCUT2D eigenvalue weighted by molar-refractivity contribution is 7.20. The smallest absolute Gasteiger partial charge is 0.337 e. The number of hydrogen-bond donors (Lipinski definition) is 1. The van der Waals surface area contributed by atoms with Gasteiger partial charge in [0.1, 0.15) is 5.69 Å². The summed E-state index contributed by atoms with van der Waals surface area (Å²) in [5.74, 6) is -0.989. The molecule has 0 aromatic carbocycles. The van der Waals surface area contributed by atoms with Gasteiger partial charge in [0.15, 0.2) is 6.29 Å². The lowest BCUT2D eigenvalue weighted by atomic mass is 10.2. The van der Waals surface area contributed by atoms with Crippen molar-refractivity contribution in [3.8, 4) is 9.75 Å². The van der Waals surface area contributed by atoms with Crippen LogP contribution in [0, 0.1) is 0 Å². The first-order chi connectivity index (χ1) is 7.24. The Morgan fingerprint density at radius 2 is 2.20 bits per heavy atom. The number of carboxylic acids is 1.